The molecule has 148 valence electrons. The highest BCUT2D eigenvalue weighted by atomic mass is 35.5. The molecule has 0 atom stereocenters. The second kappa shape index (κ2) is 10.1. The van der Waals surface area contributed by atoms with Crippen LogP contribution in [-0.2, 0) is 0 Å². The fourth-order valence-electron chi connectivity index (χ4n) is 2.67. The zero-order valence-electron chi connectivity index (χ0n) is 16.3. The largest absolute Gasteiger partial charge is 0.490 e. The molecule has 3 aromatic rings. The lowest BCUT2D eigenvalue weighted by atomic mass is 10.1. The first kappa shape index (κ1) is 20.9. The molecule has 2 aromatic carbocycles. The Morgan fingerprint density at radius 1 is 1.14 bits per heavy atom. The summed E-state index contributed by atoms with van der Waals surface area (Å²) in [4.78, 5) is 4.62. The van der Waals surface area contributed by atoms with Gasteiger partial charge in [0.1, 0.15) is 11.1 Å². The van der Waals surface area contributed by atoms with Crippen molar-refractivity contribution in [3.8, 4) is 28.8 Å². The Morgan fingerprint density at radius 2 is 1.93 bits per heavy atom. The van der Waals surface area contributed by atoms with Crippen LogP contribution in [0.5, 0.6) is 11.5 Å². The lowest BCUT2D eigenvalue weighted by Crippen LogP contribution is -2.00. The molecule has 0 bridgehead atoms. The van der Waals surface area contributed by atoms with E-state index in [1.54, 1.807) is 0 Å². The van der Waals surface area contributed by atoms with Crippen molar-refractivity contribution < 1.29 is 9.47 Å². The summed E-state index contributed by atoms with van der Waals surface area (Å²) in [6, 6.07) is 15.4. The monoisotopic (exact) mass is 424 g/mol. The van der Waals surface area contributed by atoms with Crippen molar-refractivity contribution in [2.45, 2.75) is 20.3 Å². The number of hydrogen-bond acceptors (Lipinski definition) is 5. The van der Waals surface area contributed by atoms with Gasteiger partial charge in [0, 0.05) is 16.0 Å². The molecule has 1 heterocycles. The lowest BCUT2D eigenvalue weighted by molar-refractivity contribution is 0.277. The molecule has 0 aliphatic heterocycles. The van der Waals surface area contributed by atoms with Gasteiger partial charge in [-0.15, -0.1) is 11.3 Å². The number of nitrogens with zero attached hydrogens (tertiary/aromatic N) is 2. The molecule has 3 rings (SSSR count). The average Bonchev–Trinajstić information content (AvgIpc) is 3.22. The maximum Gasteiger partial charge on any atom is 0.161 e. The predicted octanol–water partition coefficient (Wildman–Crippen LogP) is 6.72. The number of ether oxygens (including phenoxy) is 2. The Labute approximate surface area is 180 Å². The van der Waals surface area contributed by atoms with Gasteiger partial charge >= 0.3 is 0 Å². The van der Waals surface area contributed by atoms with Crippen LogP contribution in [-0.4, -0.2) is 18.2 Å². The van der Waals surface area contributed by atoms with E-state index in [-0.39, 0.29) is 0 Å². The molecule has 0 fully saturated rings. The number of nitriles is 1. The summed E-state index contributed by atoms with van der Waals surface area (Å²) in [6.45, 7) is 5.16. The first-order chi connectivity index (χ1) is 14.1. The molecule has 0 radical (unpaired) electrons. The standard InChI is InChI=1S/C23H21ClN2O2S/c1-3-11-28-21-10-5-16(13-22(21)27-4-2)12-18(14-25)23-26-20(15-29-23)17-6-8-19(24)9-7-17/h5-10,12-13,15H,3-4,11H2,1-2H3/b18-12-. The Bertz CT molecular complexity index is 1040. The van der Waals surface area contributed by atoms with Crippen molar-refractivity contribution in [3.05, 3.63) is 63.4 Å². The Morgan fingerprint density at radius 3 is 2.62 bits per heavy atom. The molecule has 1 aromatic heterocycles. The molecule has 0 saturated heterocycles. The Kier molecular flexibility index (Phi) is 7.29. The van der Waals surface area contributed by atoms with E-state index in [0.717, 1.165) is 23.2 Å². The van der Waals surface area contributed by atoms with E-state index in [2.05, 4.69) is 18.0 Å². The van der Waals surface area contributed by atoms with E-state index in [0.29, 0.717) is 40.3 Å². The Hall–Kier alpha value is -2.81. The molecule has 0 spiro atoms. The molecule has 4 nitrogen and oxygen atoms in total. The number of allylic oxidation sites excluding steroid dienone is 1. The van der Waals surface area contributed by atoms with Gasteiger partial charge in [-0.3, -0.25) is 0 Å². The van der Waals surface area contributed by atoms with Gasteiger partial charge in [0.05, 0.1) is 24.5 Å². The van der Waals surface area contributed by atoms with Crippen LogP contribution in [0.3, 0.4) is 0 Å². The van der Waals surface area contributed by atoms with E-state index in [4.69, 9.17) is 21.1 Å². The quantitative estimate of drug-likeness (QED) is 0.377. The van der Waals surface area contributed by atoms with Crippen molar-refractivity contribution in [1.82, 2.24) is 4.98 Å². The number of benzene rings is 2. The van der Waals surface area contributed by atoms with Crippen LogP contribution in [0.15, 0.2) is 47.8 Å². The third kappa shape index (κ3) is 5.38. The first-order valence-electron chi connectivity index (χ1n) is 9.37. The molecule has 0 aliphatic rings. The molecule has 0 amide bonds. The second-order valence-corrected chi connectivity index (χ2v) is 7.50. The molecule has 0 unspecified atom stereocenters. The average molecular weight is 425 g/mol. The normalized spacial score (nSPS) is 11.2. The molecule has 6 heteroatoms. The minimum Gasteiger partial charge on any atom is -0.490 e. The van der Waals surface area contributed by atoms with E-state index < -0.39 is 0 Å². The van der Waals surface area contributed by atoms with Gasteiger partial charge in [0.15, 0.2) is 11.5 Å². The molecule has 0 aliphatic carbocycles. The number of thiazole rings is 1. The van der Waals surface area contributed by atoms with Crippen molar-refractivity contribution in [3.63, 3.8) is 0 Å². The maximum absolute atomic E-state index is 9.68. The van der Waals surface area contributed by atoms with Gasteiger partial charge in [-0.05, 0) is 49.2 Å². The molecular formula is C23H21ClN2O2S. The van der Waals surface area contributed by atoms with E-state index in [1.807, 2.05) is 60.8 Å². The van der Waals surface area contributed by atoms with Gasteiger partial charge in [-0.1, -0.05) is 36.7 Å². The van der Waals surface area contributed by atoms with E-state index in [9.17, 15) is 5.26 Å². The van der Waals surface area contributed by atoms with Gasteiger partial charge in [-0.2, -0.15) is 5.26 Å². The summed E-state index contributed by atoms with van der Waals surface area (Å²) in [7, 11) is 0. The zero-order chi connectivity index (χ0) is 20.6. The summed E-state index contributed by atoms with van der Waals surface area (Å²) in [5.41, 5.74) is 3.14. The van der Waals surface area contributed by atoms with Crippen LogP contribution in [0.25, 0.3) is 22.9 Å². The van der Waals surface area contributed by atoms with Crippen molar-refractivity contribution in [2.24, 2.45) is 0 Å². The number of aromatic nitrogens is 1. The highest BCUT2D eigenvalue weighted by molar-refractivity contribution is 7.11. The summed E-state index contributed by atoms with van der Waals surface area (Å²) in [5.74, 6) is 1.39. The smallest absolute Gasteiger partial charge is 0.161 e. The topological polar surface area (TPSA) is 55.1 Å². The lowest BCUT2D eigenvalue weighted by Gasteiger charge is -2.12. The Balaban J connectivity index is 1.89. The summed E-state index contributed by atoms with van der Waals surface area (Å²) < 4.78 is 11.4. The van der Waals surface area contributed by atoms with Crippen LogP contribution in [0.2, 0.25) is 5.02 Å². The summed E-state index contributed by atoms with van der Waals surface area (Å²) >= 11 is 7.39. The molecule has 0 saturated carbocycles. The van der Waals surface area contributed by atoms with Crippen LogP contribution < -0.4 is 9.47 Å². The van der Waals surface area contributed by atoms with Crippen molar-refractivity contribution in [2.75, 3.05) is 13.2 Å². The van der Waals surface area contributed by atoms with Gasteiger partial charge in [-0.25, -0.2) is 4.98 Å². The highest BCUT2D eigenvalue weighted by Gasteiger charge is 2.11. The van der Waals surface area contributed by atoms with Crippen molar-refractivity contribution in [1.29, 1.82) is 5.26 Å². The van der Waals surface area contributed by atoms with Gasteiger partial charge in [0.2, 0.25) is 0 Å². The fraction of sp³-hybridized carbons (Fsp3) is 0.217. The van der Waals surface area contributed by atoms with Crippen LogP contribution in [0.1, 0.15) is 30.8 Å². The number of hydrogen-bond donors (Lipinski definition) is 0. The summed E-state index contributed by atoms with van der Waals surface area (Å²) in [6.07, 6.45) is 2.74. The zero-order valence-corrected chi connectivity index (χ0v) is 17.9. The highest BCUT2D eigenvalue weighted by Crippen LogP contribution is 2.32. The number of rotatable bonds is 8. The van der Waals surface area contributed by atoms with E-state index in [1.165, 1.54) is 11.3 Å². The SMILES string of the molecule is CCCOc1ccc(/C=C(/C#N)c2nc(-c3ccc(Cl)cc3)cs2)cc1OCC. The first-order valence-corrected chi connectivity index (χ1v) is 10.6. The van der Waals surface area contributed by atoms with Crippen LogP contribution in [0.4, 0.5) is 0 Å². The third-order valence-corrected chi connectivity index (χ3v) is 5.16. The molecule has 0 N–H and O–H groups in total. The van der Waals surface area contributed by atoms with Gasteiger partial charge < -0.3 is 9.47 Å². The predicted molar refractivity (Wildman–Crippen MR) is 119 cm³/mol. The van der Waals surface area contributed by atoms with Crippen molar-refractivity contribution >= 4 is 34.6 Å². The number of halogens is 1. The van der Waals surface area contributed by atoms with Gasteiger partial charge in [0.25, 0.3) is 0 Å². The fourth-order valence-corrected chi connectivity index (χ4v) is 3.59. The van der Waals surface area contributed by atoms with E-state index >= 15 is 0 Å². The van der Waals surface area contributed by atoms with Crippen LogP contribution in [0, 0.1) is 11.3 Å². The minimum absolute atomic E-state index is 0.500. The van der Waals surface area contributed by atoms with Crippen LogP contribution >= 0.6 is 22.9 Å². The molecule has 29 heavy (non-hydrogen) atoms. The second-order valence-electron chi connectivity index (χ2n) is 6.20. The molecular weight excluding hydrogens is 404 g/mol. The minimum atomic E-state index is 0.500. The maximum atomic E-state index is 9.68. The summed E-state index contributed by atoms with van der Waals surface area (Å²) in [5, 5.41) is 13.0. The third-order valence-electron chi connectivity index (χ3n) is 4.04.